The van der Waals surface area contributed by atoms with E-state index in [0.29, 0.717) is 17.7 Å². The normalized spacial score (nSPS) is 12.5. The SMILES string of the molecule is Cc1cc(N(C)Cc2nccn2C)c([C@H](C)O)cc1F. The highest BCUT2D eigenvalue weighted by molar-refractivity contribution is 5.56. The van der Waals surface area contributed by atoms with Crippen LogP contribution >= 0.6 is 0 Å². The van der Waals surface area contributed by atoms with Crippen molar-refractivity contribution in [2.24, 2.45) is 7.05 Å². The standard InChI is InChI=1S/C15H20FN3O/c1-10-7-14(12(11(2)20)8-13(10)16)19(4)9-15-17-5-6-18(15)3/h5-8,11,20H,9H2,1-4H3/t11-/m0/s1. The molecule has 0 bridgehead atoms. The molecule has 0 spiro atoms. The van der Waals surface area contributed by atoms with Crippen molar-refractivity contribution in [3.8, 4) is 0 Å². The third kappa shape index (κ3) is 2.82. The van der Waals surface area contributed by atoms with Crippen LogP contribution in [0.1, 0.15) is 30.0 Å². The second kappa shape index (κ2) is 5.63. The molecule has 0 fully saturated rings. The van der Waals surface area contributed by atoms with Gasteiger partial charge in [-0.25, -0.2) is 9.37 Å². The lowest BCUT2D eigenvalue weighted by Gasteiger charge is -2.24. The van der Waals surface area contributed by atoms with E-state index in [9.17, 15) is 9.50 Å². The number of aromatic nitrogens is 2. The summed E-state index contributed by atoms with van der Waals surface area (Å²) in [6.45, 7) is 3.95. The summed E-state index contributed by atoms with van der Waals surface area (Å²) in [6, 6.07) is 3.17. The summed E-state index contributed by atoms with van der Waals surface area (Å²) in [5.74, 6) is 0.612. The highest BCUT2D eigenvalue weighted by Gasteiger charge is 2.16. The first-order chi connectivity index (χ1) is 9.40. The Bertz CT molecular complexity index is 607. The Morgan fingerprint density at radius 3 is 2.70 bits per heavy atom. The van der Waals surface area contributed by atoms with Crippen molar-refractivity contribution in [1.29, 1.82) is 0 Å². The molecule has 1 atom stereocenters. The molecule has 0 saturated carbocycles. The lowest BCUT2D eigenvalue weighted by atomic mass is 10.0. The monoisotopic (exact) mass is 277 g/mol. The summed E-state index contributed by atoms with van der Waals surface area (Å²) < 4.78 is 15.6. The van der Waals surface area contributed by atoms with E-state index in [-0.39, 0.29) is 5.82 Å². The Kier molecular flexibility index (Phi) is 4.09. The molecule has 0 aliphatic rings. The average molecular weight is 277 g/mol. The summed E-state index contributed by atoms with van der Waals surface area (Å²) in [7, 11) is 3.84. The molecule has 0 aliphatic heterocycles. The van der Waals surface area contributed by atoms with Gasteiger partial charge in [0.25, 0.3) is 0 Å². The van der Waals surface area contributed by atoms with E-state index < -0.39 is 6.10 Å². The van der Waals surface area contributed by atoms with Crippen LogP contribution in [0.15, 0.2) is 24.5 Å². The predicted octanol–water partition coefficient (Wildman–Crippen LogP) is 2.56. The van der Waals surface area contributed by atoms with Crippen LogP contribution in [0.25, 0.3) is 0 Å². The zero-order valence-electron chi connectivity index (χ0n) is 12.3. The minimum atomic E-state index is -0.719. The molecular weight excluding hydrogens is 257 g/mol. The van der Waals surface area contributed by atoms with Crippen LogP contribution in [0.5, 0.6) is 0 Å². The third-order valence-electron chi connectivity index (χ3n) is 3.47. The Balaban J connectivity index is 2.36. The van der Waals surface area contributed by atoms with E-state index in [1.807, 2.05) is 29.8 Å². The maximum absolute atomic E-state index is 13.7. The van der Waals surface area contributed by atoms with Gasteiger partial charge in [-0.2, -0.15) is 0 Å². The number of rotatable bonds is 4. The first-order valence-corrected chi connectivity index (χ1v) is 6.55. The second-order valence-electron chi connectivity index (χ2n) is 5.15. The number of aliphatic hydroxyl groups is 1. The predicted molar refractivity (Wildman–Crippen MR) is 77.1 cm³/mol. The van der Waals surface area contributed by atoms with Crippen molar-refractivity contribution in [3.63, 3.8) is 0 Å². The summed E-state index contributed by atoms with van der Waals surface area (Å²) >= 11 is 0. The molecular formula is C15H20FN3O. The number of aliphatic hydroxyl groups excluding tert-OH is 1. The lowest BCUT2D eigenvalue weighted by molar-refractivity contribution is 0.199. The van der Waals surface area contributed by atoms with E-state index in [2.05, 4.69) is 4.98 Å². The highest BCUT2D eigenvalue weighted by atomic mass is 19.1. The van der Waals surface area contributed by atoms with Gasteiger partial charge in [-0.3, -0.25) is 0 Å². The molecule has 108 valence electrons. The van der Waals surface area contributed by atoms with Crippen LogP contribution in [0.4, 0.5) is 10.1 Å². The summed E-state index contributed by atoms with van der Waals surface area (Å²) in [4.78, 5) is 6.25. The number of nitrogens with zero attached hydrogens (tertiary/aromatic N) is 3. The van der Waals surface area contributed by atoms with Crippen molar-refractivity contribution in [1.82, 2.24) is 9.55 Å². The third-order valence-corrected chi connectivity index (χ3v) is 3.47. The van der Waals surface area contributed by atoms with Gasteiger partial charge in [0.1, 0.15) is 11.6 Å². The van der Waals surface area contributed by atoms with Crippen LogP contribution in [0.2, 0.25) is 0 Å². The van der Waals surface area contributed by atoms with Gasteiger partial charge in [0.2, 0.25) is 0 Å². The van der Waals surface area contributed by atoms with Gasteiger partial charge in [0.05, 0.1) is 12.6 Å². The molecule has 1 heterocycles. The van der Waals surface area contributed by atoms with Crippen molar-refractivity contribution in [2.45, 2.75) is 26.5 Å². The van der Waals surface area contributed by atoms with Crippen LogP contribution in [-0.4, -0.2) is 21.7 Å². The average Bonchev–Trinajstić information content (AvgIpc) is 2.77. The molecule has 0 aliphatic carbocycles. The molecule has 0 amide bonds. The molecule has 2 aromatic rings. The summed E-state index contributed by atoms with van der Waals surface area (Å²) in [5, 5.41) is 9.84. The summed E-state index contributed by atoms with van der Waals surface area (Å²) in [5.41, 5.74) is 1.97. The number of hydrogen-bond donors (Lipinski definition) is 1. The van der Waals surface area contributed by atoms with Gasteiger partial charge >= 0.3 is 0 Å². The van der Waals surface area contributed by atoms with Crippen LogP contribution in [0, 0.1) is 12.7 Å². The quantitative estimate of drug-likeness (QED) is 0.934. The maximum Gasteiger partial charge on any atom is 0.127 e. The molecule has 1 aromatic heterocycles. The lowest BCUT2D eigenvalue weighted by Crippen LogP contribution is -2.21. The Hall–Kier alpha value is -1.88. The fourth-order valence-electron chi connectivity index (χ4n) is 2.19. The molecule has 0 unspecified atom stereocenters. The van der Waals surface area contributed by atoms with Gasteiger partial charge < -0.3 is 14.6 Å². The Morgan fingerprint density at radius 2 is 2.15 bits per heavy atom. The molecule has 1 N–H and O–H groups in total. The van der Waals surface area contributed by atoms with Crippen LogP contribution in [-0.2, 0) is 13.6 Å². The Morgan fingerprint density at radius 1 is 1.45 bits per heavy atom. The number of imidazole rings is 1. The van der Waals surface area contributed by atoms with Crippen molar-refractivity contribution in [2.75, 3.05) is 11.9 Å². The smallest absolute Gasteiger partial charge is 0.127 e. The van der Waals surface area contributed by atoms with Crippen molar-refractivity contribution >= 4 is 5.69 Å². The molecule has 2 rings (SSSR count). The van der Waals surface area contributed by atoms with Crippen molar-refractivity contribution in [3.05, 3.63) is 47.3 Å². The minimum absolute atomic E-state index is 0.296. The molecule has 4 nitrogen and oxygen atoms in total. The van der Waals surface area contributed by atoms with Crippen LogP contribution < -0.4 is 4.90 Å². The summed E-state index contributed by atoms with van der Waals surface area (Å²) in [6.07, 6.45) is 2.91. The van der Waals surface area contributed by atoms with E-state index in [4.69, 9.17) is 0 Å². The molecule has 0 saturated heterocycles. The zero-order chi connectivity index (χ0) is 14.9. The first kappa shape index (κ1) is 14.5. The Labute approximate surface area is 118 Å². The molecule has 0 radical (unpaired) electrons. The fourth-order valence-corrected chi connectivity index (χ4v) is 2.19. The van der Waals surface area contributed by atoms with Gasteiger partial charge in [-0.05, 0) is 31.5 Å². The zero-order valence-corrected chi connectivity index (χ0v) is 12.3. The number of aryl methyl sites for hydroxylation is 2. The van der Waals surface area contributed by atoms with Gasteiger partial charge in [0, 0.05) is 37.7 Å². The molecule has 1 aromatic carbocycles. The number of hydrogen-bond acceptors (Lipinski definition) is 3. The van der Waals surface area contributed by atoms with E-state index in [0.717, 1.165) is 11.5 Å². The maximum atomic E-state index is 13.7. The highest BCUT2D eigenvalue weighted by Crippen LogP contribution is 2.29. The van der Waals surface area contributed by atoms with Gasteiger partial charge in [-0.1, -0.05) is 0 Å². The number of anilines is 1. The molecule has 20 heavy (non-hydrogen) atoms. The first-order valence-electron chi connectivity index (χ1n) is 6.55. The molecule has 5 heteroatoms. The van der Waals surface area contributed by atoms with Crippen molar-refractivity contribution < 1.29 is 9.50 Å². The minimum Gasteiger partial charge on any atom is -0.389 e. The van der Waals surface area contributed by atoms with E-state index >= 15 is 0 Å². The fraction of sp³-hybridized carbons (Fsp3) is 0.400. The van der Waals surface area contributed by atoms with Crippen LogP contribution in [0.3, 0.4) is 0 Å². The van der Waals surface area contributed by atoms with E-state index in [1.54, 1.807) is 26.1 Å². The van der Waals surface area contributed by atoms with Gasteiger partial charge in [0.15, 0.2) is 0 Å². The van der Waals surface area contributed by atoms with E-state index in [1.165, 1.54) is 6.07 Å². The number of benzene rings is 1. The van der Waals surface area contributed by atoms with Gasteiger partial charge in [-0.15, -0.1) is 0 Å². The number of halogens is 1. The topological polar surface area (TPSA) is 41.3 Å². The second-order valence-corrected chi connectivity index (χ2v) is 5.15. The largest absolute Gasteiger partial charge is 0.389 e.